The van der Waals surface area contributed by atoms with Gasteiger partial charge in [-0.25, -0.2) is 9.97 Å². The molecule has 0 fully saturated rings. The predicted octanol–water partition coefficient (Wildman–Crippen LogP) is 6.54. The summed E-state index contributed by atoms with van der Waals surface area (Å²) in [6.07, 6.45) is 1.79. The van der Waals surface area contributed by atoms with Crippen molar-refractivity contribution in [2.45, 2.75) is 10.8 Å². The summed E-state index contributed by atoms with van der Waals surface area (Å²) in [5.41, 5.74) is 3.55. The molecule has 0 radical (unpaired) electrons. The number of rotatable bonds is 7. The number of hydrogen-bond donors (Lipinski definition) is 1. The first-order valence-corrected chi connectivity index (χ1v) is 11.6. The quantitative estimate of drug-likeness (QED) is 0.309. The molecule has 0 aliphatic heterocycles. The van der Waals surface area contributed by atoms with Gasteiger partial charge in [0, 0.05) is 33.5 Å². The van der Waals surface area contributed by atoms with Gasteiger partial charge in [-0.05, 0) is 42.0 Å². The van der Waals surface area contributed by atoms with Crippen molar-refractivity contribution in [3.63, 3.8) is 0 Å². The first-order chi connectivity index (χ1) is 15.1. The first kappa shape index (κ1) is 21.5. The van der Waals surface area contributed by atoms with Crippen LogP contribution in [0.15, 0.2) is 65.1 Å². The smallest absolute Gasteiger partial charge is 0.201 e. The first-order valence-electron chi connectivity index (χ1n) is 9.32. The summed E-state index contributed by atoms with van der Waals surface area (Å²) in [5.74, 6) is 1.43. The minimum atomic E-state index is -0.0411. The maximum absolute atomic E-state index is 10.4. The molecule has 0 saturated carbocycles. The number of aromatic nitrogens is 2. The summed E-state index contributed by atoms with van der Waals surface area (Å²) in [7, 11) is 3.01. The summed E-state index contributed by atoms with van der Waals surface area (Å²) >= 11 is 9.24. The molecule has 0 bridgehead atoms. The Morgan fingerprint density at radius 1 is 1.10 bits per heavy atom. The van der Waals surface area contributed by atoms with Crippen LogP contribution in [-0.2, 0) is 5.75 Å². The van der Waals surface area contributed by atoms with Crippen molar-refractivity contribution in [3.8, 4) is 39.1 Å². The second-order valence-electron chi connectivity index (χ2n) is 6.54. The van der Waals surface area contributed by atoms with Crippen molar-refractivity contribution in [3.05, 3.63) is 70.7 Å². The Balaban J connectivity index is 1.57. The van der Waals surface area contributed by atoms with Gasteiger partial charge in [0.05, 0.1) is 24.9 Å². The Labute approximate surface area is 193 Å². The highest BCUT2D eigenvalue weighted by Gasteiger charge is 2.18. The standard InChI is InChI=1S/C23H19ClN2O3S2/c1-28-19-7-6-17(22(29-2)21(19)27)18-13-31-23(26-18)15-8-9-25-20(11-15)30-12-14-4-3-5-16(24)10-14/h3-11,13,27H,12H2,1-2H3. The number of nitrogens with zero attached hydrogens (tertiary/aromatic N) is 2. The summed E-state index contributed by atoms with van der Waals surface area (Å²) < 4.78 is 10.6. The van der Waals surface area contributed by atoms with Gasteiger partial charge < -0.3 is 14.6 Å². The van der Waals surface area contributed by atoms with Crippen molar-refractivity contribution in [2.75, 3.05) is 14.2 Å². The van der Waals surface area contributed by atoms with Gasteiger partial charge in [-0.1, -0.05) is 23.7 Å². The van der Waals surface area contributed by atoms with Gasteiger partial charge in [-0.2, -0.15) is 0 Å². The molecule has 0 spiro atoms. The van der Waals surface area contributed by atoms with Gasteiger partial charge in [0.25, 0.3) is 0 Å². The highest BCUT2D eigenvalue weighted by Crippen LogP contribution is 2.44. The van der Waals surface area contributed by atoms with E-state index in [1.54, 1.807) is 24.0 Å². The minimum absolute atomic E-state index is 0.0411. The Kier molecular flexibility index (Phi) is 6.65. The van der Waals surface area contributed by atoms with Gasteiger partial charge in [0.2, 0.25) is 5.75 Å². The van der Waals surface area contributed by atoms with E-state index < -0.39 is 0 Å². The van der Waals surface area contributed by atoms with Crippen LogP contribution in [0.2, 0.25) is 5.02 Å². The average molecular weight is 471 g/mol. The lowest BCUT2D eigenvalue weighted by Gasteiger charge is -2.11. The number of thioether (sulfide) groups is 1. The third-order valence-electron chi connectivity index (χ3n) is 4.56. The van der Waals surface area contributed by atoms with E-state index in [1.165, 1.54) is 25.6 Å². The lowest BCUT2D eigenvalue weighted by molar-refractivity contribution is 0.341. The number of aromatic hydroxyl groups is 1. The van der Waals surface area contributed by atoms with Crippen molar-refractivity contribution in [1.82, 2.24) is 9.97 Å². The van der Waals surface area contributed by atoms with E-state index in [4.69, 9.17) is 26.1 Å². The number of thiazole rings is 1. The van der Waals surface area contributed by atoms with E-state index in [0.29, 0.717) is 17.1 Å². The number of methoxy groups -OCH3 is 2. The van der Waals surface area contributed by atoms with Gasteiger partial charge >= 0.3 is 0 Å². The molecule has 5 nitrogen and oxygen atoms in total. The Morgan fingerprint density at radius 3 is 2.74 bits per heavy atom. The fourth-order valence-electron chi connectivity index (χ4n) is 3.06. The van der Waals surface area contributed by atoms with Crippen molar-refractivity contribution < 1.29 is 14.6 Å². The van der Waals surface area contributed by atoms with E-state index >= 15 is 0 Å². The molecule has 4 aromatic rings. The molecule has 2 heterocycles. The number of halogens is 1. The Bertz CT molecular complexity index is 1210. The number of phenolic OH excluding ortho intramolecular Hbond substituents is 1. The van der Waals surface area contributed by atoms with Crippen LogP contribution < -0.4 is 9.47 Å². The zero-order chi connectivity index (χ0) is 21.8. The SMILES string of the molecule is COc1ccc(-c2csc(-c3ccnc(SCc4cccc(Cl)c4)c3)n2)c(OC)c1O. The summed E-state index contributed by atoms with van der Waals surface area (Å²) in [5, 5.41) is 14.8. The van der Waals surface area contributed by atoms with Crippen LogP contribution in [0.1, 0.15) is 5.56 Å². The molecule has 2 aromatic carbocycles. The highest BCUT2D eigenvalue weighted by atomic mass is 35.5. The molecule has 4 rings (SSSR count). The zero-order valence-corrected chi connectivity index (χ0v) is 19.2. The molecule has 0 saturated heterocycles. The molecular weight excluding hydrogens is 452 g/mol. The van der Waals surface area contributed by atoms with Crippen LogP contribution >= 0.6 is 34.7 Å². The zero-order valence-electron chi connectivity index (χ0n) is 16.8. The molecule has 0 atom stereocenters. The molecule has 0 unspecified atom stereocenters. The Morgan fingerprint density at radius 2 is 1.97 bits per heavy atom. The molecule has 1 N–H and O–H groups in total. The topological polar surface area (TPSA) is 64.5 Å². The van der Waals surface area contributed by atoms with Gasteiger partial charge in [-0.15, -0.1) is 23.1 Å². The maximum atomic E-state index is 10.4. The lowest BCUT2D eigenvalue weighted by Crippen LogP contribution is -1.92. The molecule has 2 aromatic heterocycles. The molecule has 158 valence electrons. The van der Waals surface area contributed by atoms with Crippen LogP contribution in [0.25, 0.3) is 21.8 Å². The highest BCUT2D eigenvalue weighted by molar-refractivity contribution is 7.98. The number of pyridine rings is 1. The van der Waals surface area contributed by atoms with Crippen LogP contribution in [0.3, 0.4) is 0 Å². The van der Waals surface area contributed by atoms with Crippen molar-refractivity contribution >= 4 is 34.7 Å². The maximum Gasteiger partial charge on any atom is 0.201 e. The number of hydrogen-bond acceptors (Lipinski definition) is 7. The van der Waals surface area contributed by atoms with Gasteiger partial charge in [0.15, 0.2) is 11.5 Å². The van der Waals surface area contributed by atoms with E-state index in [1.807, 2.05) is 47.8 Å². The summed E-state index contributed by atoms with van der Waals surface area (Å²) in [6.45, 7) is 0. The van der Waals surface area contributed by atoms with E-state index in [0.717, 1.165) is 37.6 Å². The third kappa shape index (κ3) is 4.79. The van der Waals surface area contributed by atoms with E-state index in [2.05, 4.69) is 4.98 Å². The fraction of sp³-hybridized carbons (Fsp3) is 0.130. The molecule has 0 aliphatic carbocycles. The number of phenols is 1. The molecule has 0 aliphatic rings. The van der Waals surface area contributed by atoms with E-state index in [-0.39, 0.29) is 5.75 Å². The minimum Gasteiger partial charge on any atom is -0.502 e. The van der Waals surface area contributed by atoms with Gasteiger partial charge in [-0.3, -0.25) is 0 Å². The molecule has 31 heavy (non-hydrogen) atoms. The Hall–Kier alpha value is -2.74. The molecular formula is C23H19ClN2O3S2. The van der Waals surface area contributed by atoms with Gasteiger partial charge in [0.1, 0.15) is 5.01 Å². The van der Waals surface area contributed by atoms with Crippen LogP contribution in [0.4, 0.5) is 0 Å². The monoisotopic (exact) mass is 470 g/mol. The predicted molar refractivity (Wildman–Crippen MR) is 127 cm³/mol. The second kappa shape index (κ2) is 9.60. The van der Waals surface area contributed by atoms with E-state index in [9.17, 15) is 5.11 Å². The van der Waals surface area contributed by atoms with Crippen LogP contribution in [-0.4, -0.2) is 29.3 Å². The fourth-order valence-corrected chi connectivity index (χ4v) is 4.93. The molecule has 0 amide bonds. The largest absolute Gasteiger partial charge is 0.502 e. The molecule has 8 heteroatoms. The van der Waals surface area contributed by atoms with Crippen LogP contribution in [0.5, 0.6) is 17.2 Å². The van der Waals surface area contributed by atoms with Crippen molar-refractivity contribution in [2.24, 2.45) is 0 Å². The third-order valence-corrected chi connectivity index (χ3v) is 6.68. The second-order valence-corrected chi connectivity index (χ2v) is 8.83. The normalized spacial score (nSPS) is 10.8. The summed E-state index contributed by atoms with van der Waals surface area (Å²) in [6, 6.07) is 15.3. The number of ether oxygens (including phenoxy) is 2. The summed E-state index contributed by atoms with van der Waals surface area (Å²) in [4.78, 5) is 9.22. The average Bonchev–Trinajstić information content (AvgIpc) is 3.28. The van der Waals surface area contributed by atoms with Crippen molar-refractivity contribution in [1.29, 1.82) is 0 Å². The lowest BCUT2D eigenvalue weighted by atomic mass is 10.1. The number of benzene rings is 2. The van der Waals surface area contributed by atoms with Crippen LogP contribution in [0, 0.1) is 0 Å².